The molecule has 114 valence electrons. The number of hydrogen-bond acceptors (Lipinski definition) is 9. The van der Waals surface area contributed by atoms with E-state index in [9.17, 15) is 15.0 Å². The number of aliphatic hydroxyl groups excluding tert-OH is 3. The lowest BCUT2D eigenvalue weighted by Gasteiger charge is -2.18. The Balaban J connectivity index is 2.16. The molecule has 0 aliphatic carbocycles. The predicted octanol–water partition coefficient (Wildman–Crippen LogP) is -3.50. The minimum absolute atomic E-state index is 0.0514. The van der Waals surface area contributed by atoms with Gasteiger partial charge in [0.25, 0.3) is 0 Å². The zero-order chi connectivity index (χ0) is 15.3. The van der Waals surface area contributed by atoms with E-state index in [2.05, 4.69) is 9.97 Å². The van der Waals surface area contributed by atoms with Gasteiger partial charge < -0.3 is 31.6 Å². The first kappa shape index (κ1) is 13.8. The SMILES string of the molecule is Nc1nc(=O)c2ncn([C@@H]3O[C@H](CO)[C@@H](O)[C@H]3O)c2n1N. The Morgan fingerprint density at radius 3 is 2.71 bits per heavy atom. The number of aromatic nitrogens is 4. The van der Waals surface area contributed by atoms with Crippen LogP contribution in [0.3, 0.4) is 0 Å². The van der Waals surface area contributed by atoms with Crippen molar-refractivity contribution in [2.75, 3.05) is 18.2 Å². The van der Waals surface area contributed by atoms with E-state index in [0.29, 0.717) is 0 Å². The number of nitrogens with two attached hydrogens (primary N) is 2. The highest BCUT2D eigenvalue weighted by atomic mass is 16.6. The van der Waals surface area contributed by atoms with Gasteiger partial charge in [-0.2, -0.15) is 4.98 Å². The molecule has 2 aromatic heterocycles. The predicted molar refractivity (Wildman–Crippen MR) is 69.4 cm³/mol. The third-order valence-corrected chi connectivity index (χ3v) is 3.45. The second kappa shape index (κ2) is 4.66. The van der Waals surface area contributed by atoms with Gasteiger partial charge in [-0.15, -0.1) is 0 Å². The van der Waals surface area contributed by atoms with Crippen LogP contribution >= 0.6 is 0 Å². The third kappa shape index (κ3) is 1.86. The van der Waals surface area contributed by atoms with Crippen LogP contribution < -0.4 is 17.1 Å². The lowest BCUT2D eigenvalue weighted by Crippen LogP contribution is -2.33. The standard InChI is InChI=1S/C10H14N6O5/c11-10-14-7(20)4-8(16(10)12)15(2-13-4)9-6(19)5(18)3(1-17)21-9/h2-3,5-6,9,17-19H,1,12H2,(H2,11,14,20)/t3-,5-,6-,9-/m1/s1. The number of anilines is 1. The average molecular weight is 298 g/mol. The molecule has 1 aliphatic rings. The van der Waals surface area contributed by atoms with E-state index in [0.717, 1.165) is 4.68 Å². The number of nitrogen functional groups attached to an aromatic ring is 2. The van der Waals surface area contributed by atoms with Crippen LogP contribution in [0.25, 0.3) is 11.2 Å². The van der Waals surface area contributed by atoms with Crippen molar-refractivity contribution in [3.05, 3.63) is 16.7 Å². The van der Waals surface area contributed by atoms with Crippen molar-refractivity contribution in [3.8, 4) is 0 Å². The van der Waals surface area contributed by atoms with Gasteiger partial charge in [0.15, 0.2) is 17.4 Å². The van der Waals surface area contributed by atoms with Gasteiger partial charge in [-0.05, 0) is 0 Å². The summed E-state index contributed by atoms with van der Waals surface area (Å²) in [6.07, 6.45) is -3.42. The lowest BCUT2D eigenvalue weighted by molar-refractivity contribution is -0.0512. The van der Waals surface area contributed by atoms with E-state index in [1.165, 1.54) is 10.9 Å². The summed E-state index contributed by atoms with van der Waals surface area (Å²) in [6.45, 7) is -0.472. The number of aliphatic hydroxyl groups is 3. The molecule has 3 rings (SSSR count). The van der Waals surface area contributed by atoms with E-state index in [4.69, 9.17) is 21.4 Å². The largest absolute Gasteiger partial charge is 0.394 e. The van der Waals surface area contributed by atoms with Gasteiger partial charge >= 0.3 is 5.56 Å². The van der Waals surface area contributed by atoms with Gasteiger partial charge in [0, 0.05) is 0 Å². The van der Waals surface area contributed by atoms with E-state index in [1.54, 1.807) is 0 Å². The Bertz CT molecular complexity index is 741. The summed E-state index contributed by atoms with van der Waals surface area (Å²) in [7, 11) is 0. The number of nitrogens with zero attached hydrogens (tertiary/aromatic N) is 4. The molecule has 0 unspecified atom stereocenters. The molecule has 0 spiro atoms. The summed E-state index contributed by atoms with van der Waals surface area (Å²) in [5, 5.41) is 28.9. The minimum atomic E-state index is -1.33. The highest BCUT2D eigenvalue weighted by Crippen LogP contribution is 2.31. The molecular formula is C10H14N6O5. The van der Waals surface area contributed by atoms with E-state index >= 15 is 0 Å². The molecule has 11 nitrogen and oxygen atoms in total. The molecule has 11 heteroatoms. The summed E-state index contributed by atoms with van der Waals surface area (Å²) in [4.78, 5) is 19.1. The second-order valence-corrected chi connectivity index (χ2v) is 4.70. The molecule has 1 fully saturated rings. The fraction of sp³-hybridized carbons (Fsp3) is 0.500. The fourth-order valence-electron chi connectivity index (χ4n) is 2.36. The summed E-state index contributed by atoms with van der Waals surface area (Å²) >= 11 is 0. The minimum Gasteiger partial charge on any atom is -0.394 e. The van der Waals surface area contributed by atoms with Crippen LogP contribution in [0.5, 0.6) is 0 Å². The number of hydrogen-bond donors (Lipinski definition) is 5. The van der Waals surface area contributed by atoms with Crippen molar-refractivity contribution >= 4 is 17.1 Å². The Labute approximate surface area is 117 Å². The summed E-state index contributed by atoms with van der Waals surface area (Å²) in [6, 6.07) is 0. The molecule has 21 heavy (non-hydrogen) atoms. The van der Waals surface area contributed by atoms with Crippen molar-refractivity contribution in [2.45, 2.75) is 24.5 Å². The number of rotatable bonds is 2. The molecule has 1 aliphatic heterocycles. The molecule has 0 bridgehead atoms. The van der Waals surface area contributed by atoms with Gasteiger partial charge in [-0.25, -0.2) is 9.66 Å². The summed E-state index contributed by atoms with van der Waals surface area (Å²) in [5.41, 5.74) is 4.88. The van der Waals surface area contributed by atoms with Crippen molar-refractivity contribution in [1.82, 2.24) is 19.2 Å². The second-order valence-electron chi connectivity index (χ2n) is 4.70. The van der Waals surface area contributed by atoms with Crippen LogP contribution in [0.1, 0.15) is 6.23 Å². The first-order valence-corrected chi connectivity index (χ1v) is 6.08. The topological polar surface area (TPSA) is 175 Å². The third-order valence-electron chi connectivity index (χ3n) is 3.45. The highest BCUT2D eigenvalue weighted by Gasteiger charge is 2.44. The number of fused-ring (bicyclic) bond motifs is 1. The Morgan fingerprint density at radius 2 is 2.10 bits per heavy atom. The molecule has 1 saturated heterocycles. The van der Waals surface area contributed by atoms with E-state index in [-0.39, 0.29) is 17.1 Å². The molecule has 4 atom stereocenters. The van der Waals surface area contributed by atoms with E-state index in [1.807, 2.05) is 0 Å². The number of imidazole rings is 1. The van der Waals surface area contributed by atoms with Crippen molar-refractivity contribution < 1.29 is 20.1 Å². The summed E-state index contributed by atoms with van der Waals surface area (Å²) in [5.74, 6) is 5.49. The van der Waals surface area contributed by atoms with Gasteiger partial charge in [-0.1, -0.05) is 0 Å². The van der Waals surface area contributed by atoms with Crippen LogP contribution in [-0.4, -0.2) is 59.4 Å². The smallest absolute Gasteiger partial charge is 0.302 e. The van der Waals surface area contributed by atoms with Crippen LogP contribution in [0.2, 0.25) is 0 Å². The maximum atomic E-state index is 11.7. The Kier molecular flexibility index (Phi) is 3.06. The molecule has 0 amide bonds. The molecule has 3 heterocycles. The molecule has 0 aromatic carbocycles. The van der Waals surface area contributed by atoms with Gasteiger partial charge in [0.05, 0.1) is 12.9 Å². The van der Waals surface area contributed by atoms with Crippen LogP contribution in [0.15, 0.2) is 11.1 Å². The van der Waals surface area contributed by atoms with Crippen LogP contribution in [0, 0.1) is 0 Å². The fourth-order valence-corrected chi connectivity index (χ4v) is 2.36. The van der Waals surface area contributed by atoms with E-state index < -0.39 is 36.7 Å². The Morgan fingerprint density at radius 1 is 1.38 bits per heavy atom. The quantitative estimate of drug-likeness (QED) is 0.352. The Hall–Kier alpha value is -2.21. The number of ether oxygens (including phenoxy) is 1. The highest BCUT2D eigenvalue weighted by molar-refractivity contribution is 5.72. The summed E-state index contributed by atoms with van der Waals surface area (Å²) < 4.78 is 7.55. The molecule has 7 N–H and O–H groups in total. The van der Waals surface area contributed by atoms with Gasteiger partial charge in [-0.3, -0.25) is 9.36 Å². The van der Waals surface area contributed by atoms with Crippen molar-refractivity contribution in [2.24, 2.45) is 0 Å². The zero-order valence-corrected chi connectivity index (χ0v) is 10.7. The van der Waals surface area contributed by atoms with Crippen LogP contribution in [-0.2, 0) is 4.74 Å². The first-order valence-electron chi connectivity index (χ1n) is 6.08. The molecule has 0 saturated carbocycles. The molecule has 2 aromatic rings. The molecule has 0 radical (unpaired) electrons. The van der Waals surface area contributed by atoms with Crippen LogP contribution in [0.4, 0.5) is 5.95 Å². The van der Waals surface area contributed by atoms with Crippen molar-refractivity contribution in [1.29, 1.82) is 0 Å². The van der Waals surface area contributed by atoms with Gasteiger partial charge in [0.2, 0.25) is 5.95 Å². The average Bonchev–Trinajstić information content (AvgIpc) is 3.00. The zero-order valence-electron chi connectivity index (χ0n) is 10.7. The first-order chi connectivity index (χ1) is 9.95. The lowest BCUT2D eigenvalue weighted by atomic mass is 10.1. The van der Waals surface area contributed by atoms with Gasteiger partial charge in [0.1, 0.15) is 18.3 Å². The van der Waals surface area contributed by atoms with Crippen molar-refractivity contribution in [3.63, 3.8) is 0 Å². The normalized spacial score (nSPS) is 29.3. The monoisotopic (exact) mass is 298 g/mol. The maximum Gasteiger partial charge on any atom is 0.302 e. The maximum absolute atomic E-state index is 11.7. The molecular weight excluding hydrogens is 284 g/mol.